The number of rotatable bonds is 5. The second kappa shape index (κ2) is 7.77. The van der Waals surface area contributed by atoms with Gasteiger partial charge in [-0.1, -0.05) is 55.0 Å². The number of fused-ring (bicyclic) bond motifs is 4. The van der Waals surface area contributed by atoms with Crippen LogP contribution in [-0.4, -0.2) is 23.5 Å². The third-order valence-corrected chi connectivity index (χ3v) is 8.96. The quantitative estimate of drug-likeness (QED) is 0.382. The third kappa shape index (κ3) is 3.19. The van der Waals surface area contributed by atoms with Crippen molar-refractivity contribution in [1.29, 1.82) is 0 Å². The summed E-state index contributed by atoms with van der Waals surface area (Å²) < 4.78 is 0. The Hall–Kier alpha value is -2.59. The van der Waals surface area contributed by atoms with E-state index in [-0.39, 0.29) is 17.7 Å². The van der Waals surface area contributed by atoms with E-state index in [4.69, 9.17) is 0 Å². The summed E-state index contributed by atoms with van der Waals surface area (Å²) in [6.07, 6.45) is 5.37. The average molecular weight is 442 g/mol. The smallest absolute Gasteiger partial charge is 0.230 e. The van der Waals surface area contributed by atoms with Crippen molar-refractivity contribution in [3.63, 3.8) is 0 Å². The van der Waals surface area contributed by atoms with Crippen LogP contribution in [0.4, 0.5) is 0 Å². The van der Waals surface area contributed by atoms with Crippen LogP contribution in [-0.2, 0) is 4.79 Å². The van der Waals surface area contributed by atoms with Gasteiger partial charge in [0.2, 0.25) is 5.91 Å². The van der Waals surface area contributed by atoms with Crippen LogP contribution in [0, 0.1) is 17.8 Å². The van der Waals surface area contributed by atoms with Crippen LogP contribution in [0.5, 0.6) is 0 Å². The first-order chi connectivity index (χ1) is 15.6. The van der Waals surface area contributed by atoms with Crippen molar-refractivity contribution in [2.75, 3.05) is 5.75 Å². The Morgan fingerprint density at radius 1 is 0.969 bits per heavy atom. The van der Waals surface area contributed by atoms with E-state index in [0.717, 1.165) is 49.8 Å². The third-order valence-electron chi connectivity index (χ3n) is 7.89. The number of thioether (sulfide) groups is 1. The fourth-order valence-electron chi connectivity index (χ4n) is 6.43. The van der Waals surface area contributed by atoms with E-state index < -0.39 is 0 Å². The molecule has 0 radical (unpaired) electrons. The van der Waals surface area contributed by atoms with Crippen LogP contribution in [0.25, 0.3) is 21.9 Å². The van der Waals surface area contributed by atoms with E-state index in [0.29, 0.717) is 11.7 Å². The first-order valence-corrected chi connectivity index (χ1v) is 12.7. The van der Waals surface area contributed by atoms with Gasteiger partial charge in [0.1, 0.15) is 0 Å². The van der Waals surface area contributed by atoms with E-state index in [1.54, 1.807) is 11.8 Å². The lowest BCUT2D eigenvalue weighted by molar-refractivity contribution is -0.119. The highest BCUT2D eigenvalue weighted by atomic mass is 32.2. The highest BCUT2D eigenvalue weighted by Gasteiger charge is 2.42. The first-order valence-electron chi connectivity index (χ1n) is 11.7. The molecule has 3 aromatic carbocycles. The molecule has 3 aromatic rings. The highest BCUT2D eigenvalue weighted by Crippen LogP contribution is 2.49. The predicted octanol–water partition coefficient (Wildman–Crippen LogP) is 6.08. The van der Waals surface area contributed by atoms with Gasteiger partial charge in [0.25, 0.3) is 0 Å². The van der Waals surface area contributed by atoms with E-state index >= 15 is 0 Å². The molecule has 162 valence electrons. The molecule has 2 saturated carbocycles. The molecule has 3 aliphatic carbocycles. The summed E-state index contributed by atoms with van der Waals surface area (Å²) in [4.78, 5) is 26.9. The SMILES string of the molecule is CC(NC(=O)CSc1ccc2c3c(cccc13)C(=O)c1ccccc1-2)C1CC2CCC1C2. The topological polar surface area (TPSA) is 46.2 Å². The lowest BCUT2D eigenvalue weighted by atomic mass is 9.83. The highest BCUT2D eigenvalue weighted by molar-refractivity contribution is 8.00. The Morgan fingerprint density at radius 2 is 1.78 bits per heavy atom. The van der Waals surface area contributed by atoms with Crippen molar-refractivity contribution >= 4 is 34.2 Å². The van der Waals surface area contributed by atoms with Crippen LogP contribution in [0.1, 0.15) is 48.5 Å². The number of benzene rings is 3. The normalized spacial score (nSPS) is 23.9. The largest absolute Gasteiger partial charge is 0.353 e. The van der Waals surface area contributed by atoms with Gasteiger partial charge in [-0.05, 0) is 66.5 Å². The van der Waals surface area contributed by atoms with E-state index in [9.17, 15) is 9.59 Å². The molecule has 0 heterocycles. The minimum atomic E-state index is 0.0817. The van der Waals surface area contributed by atoms with Gasteiger partial charge in [-0.2, -0.15) is 0 Å². The van der Waals surface area contributed by atoms with Crippen LogP contribution < -0.4 is 5.32 Å². The molecular formula is C28H27NO2S. The summed E-state index contributed by atoms with van der Waals surface area (Å²) >= 11 is 1.57. The van der Waals surface area contributed by atoms with Gasteiger partial charge in [0, 0.05) is 27.5 Å². The second-order valence-electron chi connectivity index (χ2n) is 9.70. The molecule has 0 aliphatic heterocycles. The van der Waals surface area contributed by atoms with Gasteiger partial charge < -0.3 is 5.32 Å². The monoisotopic (exact) mass is 441 g/mol. The summed E-state index contributed by atoms with van der Waals surface area (Å²) in [7, 11) is 0. The lowest BCUT2D eigenvalue weighted by Gasteiger charge is -2.28. The number of hydrogen-bond donors (Lipinski definition) is 1. The molecule has 2 fully saturated rings. The lowest BCUT2D eigenvalue weighted by Crippen LogP contribution is -2.40. The summed E-state index contributed by atoms with van der Waals surface area (Å²) in [6.45, 7) is 2.18. The zero-order valence-corrected chi connectivity index (χ0v) is 19.1. The zero-order valence-electron chi connectivity index (χ0n) is 18.3. The van der Waals surface area contributed by atoms with Crippen LogP contribution in [0.3, 0.4) is 0 Å². The zero-order chi connectivity index (χ0) is 21.8. The predicted molar refractivity (Wildman–Crippen MR) is 130 cm³/mol. The molecule has 0 saturated heterocycles. The molecule has 3 nitrogen and oxygen atoms in total. The van der Waals surface area contributed by atoms with Crippen molar-refractivity contribution in [2.24, 2.45) is 17.8 Å². The van der Waals surface area contributed by atoms with Crippen molar-refractivity contribution in [2.45, 2.75) is 43.5 Å². The Kier molecular flexibility index (Phi) is 4.87. The summed E-state index contributed by atoms with van der Waals surface area (Å²) in [5.74, 6) is 2.93. The molecule has 1 N–H and O–H groups in total. The fourth-order valence-corrected chi connectivity index (χ4v) is 7.29. The number of hydrogen-bond acceptors (Lipinski definition) is 3. The van der Waals surface area contributed by atoms with Crippen LogP contribution >= 0.6 is 11.8 Å². The summed E-state index contributed by atoms with van der Waals surface area (Å²) in [5, 5.41) is 5.34. The molecule has 2 bridgehead atoms. The van der Waals surface area contributed by atoms with Gasteiger partial charge in [0.05, 0.1) is 5.75 Å². The molecule has 4 atom stereocenters. The molecule has 3 aliphatic rings. The summed E-state index contributed by atoms with van der Waals surface area (Å²) in [5.41, 5.74) is 3.62. The number of amides is 1. The van der Waals surface area contributed by atoms with Crippen molar-refractivity contribution < 1.29 is 9.59 Å². The van der Waals surface area contributed by atoms with Crippen molar-refractivity contribution in [3.05, 3.63) is 65.7 Å². The maximum Gasteiger partial charge on any atom is 0.230 e. The van der Waals surface area contributed by atoms with Gasteiger partial charge in [-0.25, -0.2) is 0 Å². The van der Waals surface area contributed by atoms with E-state index in [2.05, 4.69) is 30.4 Å². The second-order valence-corrected chi connectivity index (χ2v) is 10.7. The van der Waals surface area contributed by atoms with E-state index in [1.165, 1.54) is 25.7 Å². The van der Waals surface area contributed by atoms with E-state index in [1.807, 2.05) is 36.4 Å². The average Bonchev–Trinajstić information content (AvgIpc) is 3.45. The standard InChI is InChI=1S/C28H27NO2S/c1-16(24-14-17-9-10-18(24)13-17)29-26(30)15-32-25-12-11-20-19-5-2-3-6-21(19)28(31)23-8-4-7-22(25)27(20)23/h2-8,11-12,16-18,24H,9-10,13-15H2,1H3,(H,29,30). The van der Waals surface area contributed by atoms with Crippen molar-refractivity contribution in [3.8, 4) is 11.1 Å². The van der Waals surface area contributed by atoms with Crippen LogP contribution in [0.15, 0.2) is 59.5 Å². The molecule has 0 spiro atoms. The Morgan fingerprint density at radius 3 is 2.56 bits per heavy atom. The Labute approximate surface area is 193 Å². The molecule has 1 amide bonds. The fraction of sp³-hybridized carbons (Fsp3) is 0.357. The Balaban J connectivity index is 1.23. The Bertz CT molecular complexity index is 1250. The minimum absolute atomic E-state index is 0.0817. The number of carbonyl (C=O) groups excluding carboxylic acids is 2. The number of carbonyl (C=O) groups is 2. The molecule has 4 heteroatoms. The number of ketones is 1. The van der Waals surface area contributed by atoms with Gasteiger partial charge in [-0.3, -0.25) is 9.59 Å². The molecule has 6 rings (SSSR count). The van der Waals surface area contributed by atoms with Crippen molar-refractivity contribution in [1.82, 2.24) is 5.32 Å². The maximum absolute atomic E-state index is 13.1. The van der Waals surface area contributed by atoms with Crippen LogP contribution in [0.2, 0.25) is 0 Å². The van der Waals surface area contributed by atoms with Gasteiger partial charge in [-0.15, -0.1) is 11.8 Å². The molecular weight excluding hydrogens is 414 g/mol. The first kappa shape index (κ1) is 20.0. The summed E-state index contributed by atoms with van der Waals surface area (Å²) in [6, 6.07) is 18.2. The number of nitrogens with one attached hydrogen (secondary N) is 1. The molecule has 32 heavy (non-hydrogen) atoms. The van der Waals surface area contributed by atoms with Gasteiger partial charge >= 0.3 is 0 Å². The molecule has 4 unspecified atom stereocenters. The molecule has 0 aromatic heterocycles. The van der Waals surface area contributed by atoms with Gasteiger partial charge in [0.15, 0.2) is 5.78 Å². The minimum Gasteiger partial charge on any atom is -0.353 e. The maximum atomic E-state index is 13.1.